The summed E-state index contributed by atoms with van der Waals surface area (Å²) in [5, 5.41) is 5.03. The van der Waals surface area contributed by atoms with Crippen LogP contribution in [0, 0.1) is 13.8 Å². The van der Waals surface area contributed by atoms with Gasteiger partial charge in [0.2, 0.25) is 5.91 Å². The first-order chi connectivity index (χ1) is 9.27. The molecular formula is C13H19N3O3S. The number of hydrogen-bond donors (Lipinski definition) is 1. The Morgan fingerprint density at radius 3 is 2.45 bits per heavy atom. The van der Waals surface area contributed by atoms with Gasteiger partial charge in [-0.15, -0.1) is 0 Å². The first-order valence-electron chi connectivity index (χ1n) is 6.39. The van der Waals surface area contributed by atoms with Crippen LogP contribution in [0.25, 0.3) is 0 Å². The SMILES string of the molecule is Cc1ccc(CN2CCN(S(N)(=O)=O)CC2=O)cc1C. The summed E-state index contributed by atoms with van der Waals surface area (Å²) in [7, 11) is -3.78. The van der Waals surface area contributed by atoms with Gasteiger partial charge in [-0.3, -0.25) is 4.79 Å². The molecule has 20 heavy (non-hydrogen) atoms. The highest BCUT2D eigenvalue weighted by atomic mass is 32.2. The Morgan fingerprint density at radius 2 is 1.90 bits per heavy atom. The zero-order valence-electron chi connectivity index (χ0n) is 11.7. The maximum absolute atomic E-state index is 12.0. The predicted molar refractivity (Wildman–Crippen MR) is 76.0 cm³/mol. The van der Waals surface area contributed by atoms with Crippen molar-refractivity contribution in [3.63, 3.8) is 0 Å². The Bertz CT molecular complexity index is 628. The summed E-state index contributed by atoms with van der Waals surface area (Å²) in [6.07, 6.45) is 0. The molecule has 0 atom stereocenters. The van der Waals surface area contributed by atoms with E-state index in [1.165, 1.54) is 11.1 Å². The van der Waals surface area contributed by atoms with Gasteiger partial charge in [-0.25, -0.2) is 5.14 Å². The highest BCUT2D eigenvalue weighted by Crippen LogP contribution is 2.14. The summed E-state index contributed by atoms with van der Waals surface area (Å²) in [4.78, 5) is 13.6. The first-order valence-corrected chi connectivity index (χ1v) is 7.89. The van der Waals surface area contributed by atoms with Crippen molar-refractivity contribution in [2.45, 2.75) is 20.4 Å². The molecule has 0 saturated carbocycles. The van der Waals surface area contributed by atoms with Crippen LogP contribution >= 0.6 is 0 Å². The van der Waals surface area contributed by atoms with E-state index in [-0.39, 0.29) is 19.0 Å². The Morgan fingerprint density at radius 1 is 1.20 bits per heavy atom. The topological polar surface area (TPSA) is 83.7 Å². The molecule has 0 bridgehead atoms. The fourth-order valence-electron chi connectivity index (χ4n) is 2.19. The monoisotopic (exact) mass is 297 g/mol. The van der Waals surface area contributed by atoms with Crippen LogP contribution in [0.2, 0.25) is 0 Å². The summed E-state index contributed by atoms with van der Waals surface area (Å²) < 4.78 is 23.4. The third kappa shape index (κ3) is 3.36. The van der Waals surface area contributed by atoms with Gasteiger partial charge >= 0.3 is 0 Å². The van der Waals surface area contributed by atoms with Crippen molar-refractivity contribution in [2.75, 3.05) is 19.6 Å². The van der Waals surface area contributed by atoms with Crippen LogP contribution in [-0.2, 0) is 21.5 Å². The quantitative estimate of drug-likeness (QED) is 0.862. The highest BCUT2D eigenvalue weighted by Gasteiger charge is 2.29. The van der Waals surface area contributed by atoms with Crippen molar-refractivity contribution in [3.8, 4) is 0 Å². The summed E-state index contributed by atoms with van der Waals surface area (Å²) in [5.41, 5.74) is 3.43. The number of nitrogens with two attached hydrogens (primary N) is 1. The molecule has 1 aromatic carbocycles. The lowest BCUT2D eigenvalue weighted by Gasteiger charge is -2.32. The number of hydrogen-bond acceptors (Lipinski definition) is 3. The van der Waals surface area contributed by atoms with Crippen LogP contribution in [0.4, 0.5) is 0 Å². The molecule has 6 nitrogen and oxygen atoms in total. The van der Waals surface area contributed by atoms with E-state index in [0.717, 1.165) is 9.87 Å². The number of carbonyl (C=O) groups excluding carboxylic acids is 1. The Balaban J connectivity index is 2.05. The van der Waals surface area contributed by atoms with Crippen LogP contribution in [0.5, 0.6) is 0 Å². The van der Waals surface area contributed by atoms with E-state index in [1.54, 1.807) is 4.90 Å². The maximum Gasteiger partial charge on any atom is 0.277 e. The molecule has 0 aromatic heterocycles. The smallest absolute Gasteiger partial charge is 0.277 e. The molecule has 1 saturated heterocycles. The second kappa shape index (κ2) is 5.51. The van der Waals surface area contributed by atoms with E-state index < -0.39 is 10.2 Å². The Labute approximate surface area is 119 Å². The van der Waals surface area contributed by atoms with Crippen molar-refractivity contribution in [1.29, 1.82) is 0 Å². The molecule has 2 rings (SSSR count). The second-order valence-corrected chi connectivity index (χ2v) is 6.66. The Hall–Kier alpha value is -1.44. The Kier molecular flexibility index (Phi) is 4.12. The van der Waals surface area contributed by atoms with Gasteiger partial charge in [0.1, 0.15) is 0 Å². The predicted octanol–water partition coefficient (Wildman–Crippen LogP) is 0.151. The third-order valence-corrected chi connectivity index (χ3v) is 4.62. The van der Waals surface area contributed by atoms with Gasteiger partial charge in [-0.05, 0) is 30.5 Å². The molecule has 0 spiro atoms. The molecule has 1 heterocycles. The van der Waals surface area contributed by atoms with E-state index in [0.29, 0.717) is 13.1 Å². The molecule has 110 valence electrons. The number of aryl methyl sites for hydroxylation is 2. The van der Waals surface area contributed by atoms with Crippen molar-refractivity contribution < 1.29 is 13.2 Å². The first kappa shape index (κ1) is 15.0. The van der Waals surface area contributed by atoms with Gasteiger partial charge in [0.15, 0.2) is 0 Å². The number of benzene rings is 1. The van der Waals surface area contributed by atoms with Crippen LogP contribution in [-0.4, -0.2) is 43.2 Å². The van der Waals surface area contributed by atoms with Crippen LogP contribution < -0.4 is 5.14 Å². The summed E-state index contributed by atoms with van der Waals surface area (Å²) in [6, 6.07) is 6.06. The van der Waals surface area contributed by atoms with Crippen LogP contribution in [0.15, 0.2) is 18.2 Å². The number of amides is 1. The molecule has 0 aliphatic carbocycles. The molecule has 0 unspecified atom stereocenters. The third-order valence-electron chi connectivity index (χ3n) is 3.59. The minimum Gasteiger partial charge on any atom is -0.336 e. The molecular weight excluding hydrogens is 278 g/mol. The van der Waals surface area contributed by atoms with E-state index in [1.807, 2.05) is 26.0 Å². The van der Waals surface area contributed by atoms with Crippen molar-refractivity contribution >= 4 is 16.1 Å². The normalized spacial score (nSPS) is 17.6. The van der Waals surface area contributed by atoms with E-state index in [2.05, 4.69) is 6.07 Å². The standard InChI is InChI=1S/C13H19N3O3S/c1-10-3-4-12(7-11(10)2)8-15-5-6-16(9-13(15)17)20(14,18)19/h3-4,7H,5-6,8-9H2,1-2H3,(H2,14,18,19). The average molecular weight is 297 g/mol. The van der Waals surface area contributed by atoms with Crippen molar-refractivity contribution in [3.05, 3.63) is 34.9 Å². The minimum atomic E-state index is -3.78. The number of piperazine rings is 1. The summed E-state index contributed by atoms with van der Waals surface area (Å²) in [6.45, 7) is 4.99. The molecule has 1 aliphatic rings. The zero-order valence-corrected chi connectivity index (χ0v) is 12.5. The van der Waals surface area contributed by atoms with E-state index in [9.17, 15) is 13.2 Å². The molecule has 1 amide bonds. The fraction of sp³-hybridized carbons (Fsp3) is 0.462. The number of rotatable bonds is 3. The highest BCUT2D eigenvalue weighted by molar-refractivity contribution is 7.86. The van der Waals surface area contributed by atoms with Crippen molar-refractivity contribution in [2.24, 2.45) is 5.14 Å². The second-order valence-electron chi connectivity index (χ2n) is 5.11. The number of nitrogens with zero attached hydrogens (tertiary/aromatic N) is 2. The lowest BCUT2D eigenvalue weighted by atomic mass is 10.1. The average Bonchev–Trinajstić information content (AvgIpc) is 2.35. The van der Waals surface area contributed by atoms with Crippen LogP contribution in [0.3, 0.4) is 0 Å². The van der Waals surface area contributed by atoms with E-state index >= 15 is 0 Å². The van der Waals surface area contributed by atoms with Gasteiger partial charge in [0, 0.05) is 19.6 Å². The lowest BCUT2D eigenvalue weighted by Crippen LogP contribution is -2.53. The molecule has 1 aromatic rings. The minimum absolute atomic E-state index is 0.177. The molecule has 7 heteroatoms. The van der Waals surface area contributed by atoms with Gasteiger partial charge in [0.05, 0.1) is 6.54 Å². The molecule has 1 fully saturated rings. The largest absolute Gasteiger partial charge is 0.336 e. The summed E-state index contributed by atoms with van der Waals surface area (Å²) in [5.74, 6) is -0.219. The van der Waals surface area contributed by atoms with Crippen LogP contribution in [0.1, 0.15) is 16.7 Å². The number of carbonyl (C=O) groups is 1. The maximum atomic E-state index is 12.0. The molecule has 0 radical (unpaired) electrons. The van der Waals surface area contributed by atoms with Gasteiger partial charge in [-0.2, -0.15) is 12.7 Å². The molecule has 1 aliphatic heterocycles. The van der Waals surface area contributed by atoms with E-state index in [4.69, 9.17) is 5.14 Å². The van der Waals surface area contributed by atoms with Gasteiger partial charge in [-0.1, -0.05) is 18.2 Å². The fourth-order valence-corrected chi connectivity index (χ4v) is 2.82. The molecule has 2 N–H and O–H groups in total. The lowest BCUT2D eigenvalue weighted by molar-refractivity contribution is -0.134. The van der Waals surface area contributed by atoms with Crippen molar-refractivity contribution in [1.82, 2.24) is 9.21 Å². The van der Waals surface area contributed by atoms with Gasteiger partial charge in [0.25, 0.3) is 10.2 Å². The summed E-state index contributed by atoms with van der Waals surface area (Å²) >= 11 is 0. The zero-order chi connectivity index (χ0) is 14.9. The van der Waals surface area contributed by atoms with Gasteiger partial charge < -0.3 is 4.90 Å².